The van der Waals surface area contributed by atoms with Crippen molar-refractivity contribution >= 4 is 17.2 Å². The Hall–Kier alpha value is -1.79. The summed E-state index contributed by atoms with van der Waals surface area (Å²) in [5.74, 6) is 0.0355. The first-order valence-corrected chi connectivity index (χ1v) is 7.18. The van der Waals surface area contributed by atoms with Crippen molar-refractivity contribution in [1.29, 1.82) is 0 Å². The number of rotatable bonds is 5. The third kappa shape index (κ3) is 5.46. The van der Waals surface area contributed by atoms with Crippen LogP contribution in [0.4, 0.5) is 0 Å². The highest BCUT2D eigenvalue weighted by atomic mass is 32.1. The number of hydrogen-bond donors (Lipinski definition) is 2. The van der Waals surface area contributed by atoms with E-state index in [-0.39, 0.29) is 5.91 Å². The normalized spacial score (nSPS) is 9.55. The number of thiazole rings is 1. The van der Waals surface area contributed by atoms with E-state index in [1.165, 1.54) is 4.88 Å². The number of carbonyl (C=O) groups is 1. The van der Waals surface area contributed by atoms with Gasteiger partial charge in [0.05, 0.1) is 11.2 Å². The van der Waals surface area contributed by atoms with Crippen LogP contribution in [0.2, 0.25) is 0 Å². The smallest absolute Gasteiger partial charge is 0.285 e. The minimum atomic E-state index is 0.0355. The fraction of sp³-hybridized carbons (Fsp3) is 0.357. The number of aliphatic hydroxyl groups excluding tert-OH is 1. The molecule has 20 heavy (non-hydrogen) atoms. The molecule has 0 saturated heterocycles. The van der Waals surface area contributed by atoms with E-state index in [2.05, 4.69) is 10.3 Å². The Morgan fingerprint density at radius 3 is 2.65 bits per heavy atom. The Bertz CT molecular complexity index is 514. The van der Waals surface area contributed by atoms with E-state index in [9.17, 15) is 4.79 Å². The minimum absolute atomic E-state index is 0.0355. The van der Waals surface area contributed by atoms with Gasteiger partial charge in [-0.05, 0) is 6.92 Å². The first-order chi connectivity index (χ1) is 9.75. The van der Waals surface area contributed by atoms with Gasteiger partial charge in [-0.25, -0.2) is 4.98 Å². The van der Waals surface area contributed by atoms with Crippen LogP contribution >= 0.6 is 11.3 Å². The van der Waals surface area contributed by atoms with Crippen LogP contribution < -0.4 is 9.88 Å². The summed E-state index contributed by atoms with van der Waals surface area (Å²) in [4.78, 5) is 17.1. The maximum Gasteiger partial charge on any atom is 0.285 e. The number of nitrogens with zero attached hydrogens (tertiary/aromatic N) is 2. The number of aryl methyl sites for hydroxylation is 1. The Kier molecular flexibility index (Phi) is 7.46. The summed E-state index contributed by atoms with van der Waals surface area (Å²) < 4.78 is 1.85. The van der Waals surface area contributed by atoms with Crippen molar-refractivity contribution in [3.05, 3.63) is 46.7 Å². The zero-order chi connectivity index (χ0) is 14.8. The molecule has 0 aliphatic rings. The van der Waals surface area contributed by atoms with Gasteiger partial charge in [-0.3, -0.25) is 4.79 Å². The van der Waals surface area contributed by atoms with E-state index in [1.807, 2.05) is 47.6 Å². The van der Waals surface area contributed by atoms with Crippen molar-refractivity contribution in [2.75, 3.05) is 13.7 Å². The molecule has 5 nitrogen and oxygen atoms in total. The highest BCUT2D eigenvalue weighted by Gasteiger charge is 2.08. The molecule has 0 unspecified atom stereocenters. The zero-order valence-corrected chi connectivity index (χ0v) is 12.6. The van der Waals surface area contributed by atoms with Gasteiger partial charge in [-0.2, -0.15) is 4.57 Å². The maximum absolute atomic E-state index is 11.7. The monoisotopic (exact) mass is 294 g/mol. The van der Waals surface area contributed by atoms with E-state index in [0.717, 1.165) is 19.2 Å². The SMILES string of the molecule is CO.Cc1ncsc1CCNC(=O)C[n+]1ccccc1. The van der Waals surface area contributed by atoms with Crippen LogP contribution in [0.5, 0.6) is 0 Å². The predicted molar refractivity (Wildman–Crippen MR) is 78.3 cm³/mol. The molecule has 0 bridgehead atoms. The Labute approximate surface area is 122 Å². The molecule has 0 aliphatic heterocycles. The second-order valence-electron chi connectivity index (χ2n) is 4.01. The summed E-state index contributed by atoms with van der Waals surface area (Å²) in [6.45, 7) is 3.02. The molecule has 2 aromatic heterocycles. The summed E-state index contributed by atoms with van der Waals surface area (Å²) in [5.41, 5.74) is 2.90. The van der Waals surface area contributed by atoms with Crippen molar-refractivity contribution in [2.24, 2.45) is 0 Å². The minimum Gasteiger partial charge on any atom is -0.400 e. The number of aliphatic hydroxyl groups is 1. The molecule has 0 spiro atoms. The summed E-state index contributed by atoms with van der Waals surface area (Å²) in [7, 11) is 1.00. The number of hydrogen-bond acceptors (Lipinski definition) is 4. The van der Waals surface area contributed by atoms with Crippen molar-refractivity contribution in [2.45, 2.75) is 19.9 Å². The van der Waals surface area contributed by atoms with Gasteiger partial charge in [0.1, 0.15) is 0 Å². The zero-order valence-electron chi connectivity index (χ0n) is 11.7. The number of carbonyl (C=O) groups excluding carboxylic acids is 1. The third-order valence-corrected chi connectivity index (χ3v) is 3.62. The summed E-state index contributed by atoms with van der Waals surface area (Å²) >= 11 is 1.64. The lowest BCUT2D eigenvalue weighted by molar-refractivity contribution is -0.684. The van der Waals surface area contributed by atoms with Gasteiger partial charge in [-0.15, -0.1) is 11.3 Å². The average molecular weight is 294 g/mol. The van der Waals surface area contributed by atoms with Crippen LogP contribution in [0.15, 0.2) is 36.1 Å². The first kappa shape index (κ1) is 16.3. The molecule has 2 rings (SSSR count). The molecule has 1 amide bonds. The lowest BCUT2D eigenvalue weighted by Gasteiger charge is -2.02. The standard InChI is InChI=1S/C13H15N3OS.CH4O/c1-11-12(18-10-15-11)5-6-14-13(17)9-16-7-3-2-4-8-16;1-2/h2-4,7-8,10H,5-6,9H2,1H3;2H,1H3/p+1. The van der Waals surface area contributed by atoms with Crippen molar-refractivity contribution in [1.82, 2.24) is 10.3 Å². The Morgan fingerprint density at radius 1 is 1.35 bits per heavy atom. The number of amides is 1. The second kappa shape index (κ2) is 9.17. The van der Waals surface area contributed by atoms with E-state index in [0.29, 0.717) is 13.1 Å². The maximum atomic E-state index is 11.7. The fourth-order valence-electron chi connectivity index (χ4n) is 1.64. The van der Waals surface area contributed by atoms with E-state index in [4.69, 9.17) is 5.11 Å². The lowest BCUT2D eigenvalue weighted by Crippen LogP contribution is -2.42. The van der Waals surface area contributed by atoms with Gasteiger partial charge in [0.2, 0.25) is 6.54 Å². The average Bonchev–Trinajstić information content (AvgIpc) is 2.88. The molecule has 6 heteroatoms. The molecule has 0 fully saturated rings. The number of nitrogens with one attached hydrogen (secondary N) is 1. The highest BCUT2D eigenvalue weighted by molar-refractivity contribution is 7.09. The topological polar surface area (TPSA) is 66.1 Å². The van der Waals surface area contributed by atoms with Gasteiger partial charge in [0.15, 0.2) is 12.4 Å². The molecule has 2 N–H and O–H groups in total. The molecule has 0 aromatic carbocycles. The highest BCUT2D eigenvalue weighted by Crippen LogP contribution is 2.11. The van der Waals surface area contributed by atoms with Gasteiger partial charge in [-0.1, -0.05) is 6.07 Å². The molecular weight excluding hydrogens is 274 g/mol. The molecule has 0 atom stereocenters. The predicted octanol–water partition coefficient (Wildman–Crippen LogP) is 0.706. The molecule has 0 aliphatic carbocycles. The van der Waals surface area contributed by atoms with E-state index in [1.54, 1.807) is 11.3 Å². The van der Waals surface area contributed by atoms with Gasteiger partial charge in [0.25, 0.3) is 5.91 Å². The van der Waals surface area contributed by atoms with Crippen LogP contribution in [-0.2, 0) is 17.8 Å². The van der Waals surface area contributed by atoms with Crippen LogP contribution in [0.1, 0.15) is 10.6 Å². The van der Waals surface area contributed by atoms with Crippen molar-refractivity contribution in [3.8, 4) is 0 Å². The van der Waals surface area contributed by atoms with Crippen molar-refractivity contribution in [3.63, 3.8) is 0 Å². The molecule has 108 valence electrons. The van der Waals surface area contributed by atoms with E-state index < -0.39 is 0 Å². The third-order valence-electron chi connectivity index (χ3n) is 2.62. The second-order valence-corrected chi connectivity index (χ2v) is 4.95. The van der Waals surface area contributed by atoms with Crippen LogP contribution in [-0.4, -0.2) is 29.7 Å². The molecule has 0 radical (unpaired) electrons. The first-order valence-electron chi connectivity index (χ1n) is 6.30. The molecular formula is C14H20N3O2S+. The van der Waals surface area contributed by atoms with Gasteiger partial charge < -0.3 is 10.4 Å². The van der Waals surface area contributed by atoms with Crippen LogP contribution in [0.25, 0.3) is 0 Å². The molecule has 2 aromatic rings. The number of aromatic nitrogens is 2. The van der Waals surface area contributed by atoms with E-state index >= 15 is 0 Å². The lowest BCUT2D eigenvalue weighted by atomic mass is 10.3. The molecule has 2 heterocycles. The van der Waals surface area contributed by atoms with Gasteiger partial charge >= 0.3 is 0 Å². The van der Waals surface area contributed by atoms with Crippen molar-refractivity contribution < 1.29 is 14.5 Å². The largest absolute Gasteiger partial charge is 0.400 e. The Morgan fingerprint density at radius 2 is 2.05 bits per heavy atom. The Balaban J connectivity index is 0.000000956. The number of pyridine rings is 1. The quantitative estimate of drug-likeness (QED) is 0.798. The van der Waals surface area contributed by atoms with Crippen LogP contribution in [0.3, 0.4) is 0 Å². The summed E-state index contributed by atoms with van der Waals surface area (Å²) in [5, 5.41) is 9.92. The van der Waals surface area contributed by atoms with Gasteiger partial charge in [0, 0.05) is 37.1 Å². The fourth-order valence-corrected chi connectivity index (χ4v) is 2.42. The summed E-state index contributed by atoms with van der Waals surface area (Å²) in [6.07, 6.45) is 4.61. The summed E-state index contributed by atoms with van der Waals surface area (Å²) in [6, 6.07) is 5.75. The van der Waals surface area contributed by atoms with Crippen LogP contribution in [0, 0.1) is 6.92 Å². The molecule has 0 saturated carbocycles.